The van der Waals surface area contributed by atoms with Gasteiger partial charge in [0.1, 0.15) is 0 Å². The summed E-state index contributed by atoms with van der Waals surface area (Å²) < 4.78 is 0.672. The number of halogens is 2. The molecule has 1 aliphatic rings. The van der Waals surface area contributed by atoms with Gasteiger partial charge < -0.3 is 0 Å². The molecule has 113 valence electrons. The van der Waals surface area contributed by atoms with Crippen molar-refractivity contribution in [1.82, 2.24) is 0 Å². The Hall–Kier alpha value is 0.526. The van der Waals surface area contributed by atoms with E-state index in [2.05, 4.69) is 61.5 Å². The third-order valence-electron chi connectivity index (χ3n) is 3.77. The van der Waals surface area contributed by atoms with Crippen LogP contribution in [0.1, 0.15) is 34.5 Å². The molecule has 0 heterocycles. The average molecular weight is 489 g/mol. The molecule has 0 aromatic heterocycles. The van der Waals surface area contributed by atoms with Gasteiger partial charge in [-0.05, 0) is 0 Å². The first-order chi connectivity index (χ1) is 9.31. The van der Waals surface area contributed by atoms with E-state index in [-0.39, 0.29) is 51.0 Å². The quantitative estimate of drug-likeness (QED) is 0.499. The minimum atomic E-state index is 0. The van der Waals surface area contributed by atoms with Gasteiger partial charge in [-0.1, -0.05) is 0 Å². The van der Waals surface area contributed by atoms with Crippen molar-refractivity contribution >= 4 is 30.9 Å². The fraction of sp³-hybridized carbons (Fsp3) is 0.222. The number of benzene rings is 2. The smallest absolute Gasteiger partial charge is 0 e. The van der Waals surface area contributed by atoms with Crippen molar-refractivity contribution in [3.63, 3.8) is 0 Å². The molecule has 0 saturated heterocycles. The molecule has 3 rings (SSSR count). The summed E-state index contributed by atoms with van der Waals surface area (Å²) in [6.45, 7) is 2.27. The monoisotopic (exact) mass is 485 g/mol. The molecular formula is C18H19Cl2Zr2. The average Bonchev–Trinajstić information content (AvgIpc) is 2.77. The van der Waals surface area contributed by atoms with Gasteiger partial charge in [0.05, 0.1) is 0 Å². The number of allylic oxidation sites excluding steroid dienone is 1. The predicted octanol–water partition coefficient (Wildman–Crippen LogP) is 5.98. The van der Waals surface area contributed by atoms with E-state index in [0.29, 0.717) is 3.63 Å². The largest absolute Gasteiger partial charge is 0.147 e. The van der Waals surface area contributed by atoms with E-state index >= 15 is 0 Å². The topological polar surface area (TPSA) is 0 Å². The summed E-state index contributed by atoms with van der Waals surface area (Å²) in [5, 5.41) is 0. The SMILES string of the molecule is CCCC1=Cc2c(-c3ccccc3)cccc2[CH]1[Zr].Cl.Cl.[Zr]. The van der Waals surface area contributed by atoms with Crippen molar-refractivity contribution < 1.29 is 50.9 Å². The molecule has 1 aliphatic carbocycles. The number of rotatable bonds is 3. The standard InChI is InChI=1S/C18H17.2ClH.2Zr/c1-2-7-14-12-16-10-6-11-17(18(16)13-14)15-8-4-3-5-9-15;;;;/h3-6,8-13H,2,7H2,1H3;2*1H;;. The molecule has 1 unspecified atom stereocenters. The molecule has 0 N–H and O–H groups in total. The Labute approximate surface area is 180 Å². The van der Waals surface area contributed by atoms with Gasteiger partial charge in [-0.2, -0.15) is 0 Å². The Bertz CT molecular complexity index is 624. The van der Waals surface area contributed by atoms with Crippen molar-refractivity contribution in [1.29, 1.82) is 0 Å². The van der Waals surface area contributed by atoms with Crippen LogP contribution >= 0.6 is 24.8 Å². The van der Waals surface area contributed by atoms with Crippen LogP contribution in [0.3, 0.4) is 0 Å². The van der Waals surface area contributed by atoms with Crippen molar-refractivity contribution in [3.8, 4) is 11.1 Å². The van der Waals surface area contributed by atoms with Crippen LogP contribution in [0.4, 0.5) is 0 Å². The summed E-state index contributed by atoms with van der Waals surface area (Å²) >= 11 is 1.61. The number of fused-ring (bicyclic) bond motifs is 1. The third kappa shape index (κ3) is 4.54. The summed E-state index contributed by atoms with van der Waals surface area (Å²) in [6, 6.07) is 17.5. The maximum Gasteiger partial charge on any atom is 0 e. The fourth-order valence-electron chi connectivity index (χ4n) is 2.84. The van der Waals surface area contributed by atoms with Crippen molar-refractivity contribution in [2.75, 3.05) is 0 Å². The molecule has 0 nitrogen and oxygen atoms in total. The van der Waals surface area contributed by atoms with Gasteiger partial charge in [-0.25, -0.2) is 0 Å². The molecule has 0 spiro atoms. The summed E-state index contributed by atoms with van der Waals surface area (Å²) in [5.41, 5.74) is 7.33. The van der Waals surface area contributed by atoms with Crippen LogP contribution in [0, 0.1) is 0 Å². The zero-order valence-electron chi connectivity index (χ0n) is 12.5. The first kappa shape index (κ1) is 22.5. The molecule has 22 heavy (non-hydrogen) atoms. The molecular weight excluding hydrogens is 470 g/mol. The first-order valence-electron chi connectivity index (χ1n) is 6.91. The zero-order valence-corrected chi connectivity index (χ0v) is 19.1. The van der Waals surface area contributed by atoms with Gasteiger partial charge in [0.15, 0.2) is 0 Å². The number of hydrogen-bond donors (Lipinski definition) is 0. The molecule has 0 saturated carbocycles. The van der Waals surface area contributed by atoms with Crippen molar-refractivity contribution in [2.45, 2.75) is 23.4 Å². The van der Waals surface area contributed by atoms with Gasteiger partial charge in [0.2, 0.25) is 0 Å². The van der Waals surface area contributed by atoms with Gasteiger partial charge in [-0.3, -0.25) is 0 Å². The second-order valence-electron chi connectivity index (χ2n) is 5.08. The Kier molecular flexibility index (Phi) is 10.7. The van der Waals surface area contributed by atoms with E-state index in [1.54, 1.807) is 30.3 Å². The molecule has 2 aromatic rings. The minimum absolute atomic E-state index is 0. The van der Waals surface area contributed by atoms with Crippen LogP contribution in [0.5, 0.6) is 0 Å². The van der Waals surface area contributed by atoms with E-state index in [1.807, 2.05) is 0 Å². The van der Waals surface area contributed by atoms with Gasteiger partial charge in [0, 0.05) is 26.2 Å². The summed E-state index contributed by atoms with van der Waals surface area (Å²) in [5.74, 6) is 0. The van der Waals surface area contributed by atoms with E-state index in [9.17, 15) is 0 Å². The van der Waals surface area contributed by atoms with Gasteiger partial charge in [0.25, 0.3) is 0 Å². The molecule has 1 atom stereocenters. The summed E-state index contributed by atoms with van der Waals surface area (Å²) in [6.07, 6.45) is 4.92. The summed E-state index contributed by atoms with van der Waals surface area (Å²) in [7, 11) is 0. The molecule has 0 aliphatic heterocycles. The maximum absolute atomic E-state index is 2.44. The predicted molar refractivity (Wildman–Crippen MR) is 92.0 cm³/mol. The van der Waals surface area contributed by atoms with E-state index in [0.717, 1.165) is 0 Å². The Balaban J connectivity index is 0.00000147. The van der Waals surface area contributed by atoms with Crippen molar-refractivity contribution in [2.24, 2.45) is 0 Å². The van der Waals surface area contributed by atoms with E-state index in [1.165, 1.54) is 35.1 Å². The molecule has 0 bridgehead atoms. The van der Waals surface area contributed by atoms with E-state index in [4.69, 9.17) is 0 Å². The Morgan fingerprint density at radius 2 is 1.64 bits per heavy atom. The second-order valence-corrected chi connectivity index (χ2v) is 6.50. The Morgan fingerprint density at radius 1 is 0.955 bits per heavy atom. The van der Waals surface area contributed by atoms with Crippen LogP contribution in [-0.4, -0.2) is 0 Å². The summed E-state index contributed by atoms with van der Waals surface area (Å²) in [4.78, 5) is 0. The van der Waals surface area contributed by atoms with Crippen LogP contribution in [0.25, 0.3) is 17.2 Å². The third-order valence-corrected chi connectivity index (χ3v) is 5.45. The van der Waals surface area contributed by atoms with Gasteiger partial charge in [-0.15, -0.1) is 24.8 Å². The maximum atomic E-state index is 2.44. The fourth-order valence-corrected chi connectivity index (χ4v) is 4.02. The van der Waals surface area contributed by atoms with Crippen LogP contribution < -0.4 is 0 Å². The molecule has 0 amide bonds. The minimum Gasteiger partial charge on any atom is -0.147 e. The second kappa shape index (κ2) is 10.4. The van der Waals surface area contributed by atoms with Crippen LogP contribution in [0.15, 0.2) is 54.1 Å². The van der Waals surface area contributed by atoms with Gasteiger partial charge >= 0.3 is 131 Å². The van der Waals surface area contributed by atoms with Crippen LogP contribution in [0.2, 0.25) is 0 Å². The van der Waals surface area contributed by atoms with E-state index < -0.39 is 0 Å². The number of hydrogen-bond acceptors (Lipinski definition) is 0. The zero-order chi connectivity index (χ0) is 13.2. The molecule has 4 heteroatoms. The van der Waals surface area contributed by atoms with Crippen LogP contribution in [-0.2, 0) is 50.9 Å². The normalized spacial score (nSPS) is 14.7. The first-order valence-corrected chi connectivity index (χ1v) is 8.33. The van der Waals surface area contributed by atoms with Crippen molar-refractivity contribution in [3.05, 3.63) is 65.2 Å². The molecule has 2 aromatic carbocycles. The molecule has 0 radical (unpaired) electrons. The molecule has 0 fully saturated rings. The Morgan fingerprint density at radius 3 is 2.27 bits per heavy atom.